The van der Waals surface area contributed by atoms with E-state index < -0.39 is 28.7 Å². The number of carbonyl (C=O) groups is 1. The maximum atomic E-state index is 12.6. The second-order valence-corrected chi connectivity index (χ2v) is 4.94. The van der Waals surface area contributed by atoms with E-state index in [9.17, 15) is 22.8 Å². The molecule has 0 amide bonds. The van der Waals surface area contributed by atoms with Gasteiger partial charge in [0.25, 0.3) is 0 Å². The number of hydrogen-bond donors (Lipinski definition) is 2. The second-order valence-electron chi connectivity index (χ2n) is 4.53. The van der Waals surface area contributed by atoms with Gasteiger partial charge in [-0.25, -0.2) is 9.78 Å². The van der Waals surface area contributed by atoms with E-state index in [1.807, 2.05) is 0 Å². The van der Waals surface area contributed by atoms with Crippen LogP contribution in [0.1, 0.15) is 21.6 Å². The predicted octanol–water partition coefficient (Wildman–Crippen LogP) is 2.80. The molecule has 0 radical (unpaired) electrons. The summed E-state index contributed by atoms with van der Waals surface area (Å²) in [5.74, 6) is -1.56. The molecule has 0 saturated heterocycles. The number of pyridine rings is 2. The molecule has 2 N–H and O–H groups in total. The van der Waals surface area contributed by atoms with Crippen LogP contribution in [0.2, 0.25) is 5.02 Å². The van der Waals surface area contributed by atoms with Crippen molar-refractivity contribution in [1.29, 1.82) is 0 Å². The first-order chi connectivity index (χ1) is 10.6. The molecule has 2 aromatic heterocycles. The molecule has 0 aromatic carbocycles. The molecule has 0 aliphatic rings. The number of rotatable bonds is 3. The molecule has 2 rings (SSSR count). The number of alkyl halides is 3. The zero-order valence-electron chi connectivity index (χ0n) is 11.5. The molecule has 0 fully saturated rings. The zero-order chi connectivity index (χ0) is 17.4. The van der Waals surface area contributed by atoms with Gasteiger partial charge in [-0.15, -0.1) is 0 Å². The fraction of sp³-hybridized carbons (Fsp3) is 0.154. The molecule has 0 aliphatic heterocycles. The number of carboxylic acid groups (broad SMARTS) is 1. The van der Waals surface area contributed by atoms with Gasteiger partial charge in [0.05, 0.1) is 10.6 Å². The standard InChI is InChI=1S/C13H9ClF3N3O3/c1-6-2-10(21)8(12(22)23)5-20(6)19-11-9(14)3-7(4-18-11)13(15,16)17/h2-5H,1H3,(H,18,19)(H,22,23). The molecule has 0 unspecified atom stereocenters. The van der Waals surface area contributed by atoms with E-state index in [0.29, 0.717) is 18.0 Å². The van der Waals surface area contributed by atoms with Crippen molar-refractivity contribution in [2.75, 3.05) is 5.43 Å². The van der Waals surface area contributed by atoms with Crippen LogP contribution in [0.5, 0.6) is 0 Å². The number of nitrogens with zero attached hydrogens (tertiary/aromatic N) is 2. The van der Waals surface area contributed by atoms with Gasteiger partial charge in [0, 0.05) is 24.2 Å². The Hall–Kier alpha value is -2.55. The van der Waals surface area contributed by atoms with Gasteiger partial charge in [-0.3, -0.25) is 14.9 Å². The Morgan fingerprint density at radius 3 is 2.57 bits per heavy atom. The van der Waals surface area contributed by atoms with Gasteiger partial charge in [0.15, 0.2) is 11.2 Å². The highest BCUT2D eigenvalue weighted by Crippen LogP contribution is 2.32. The van der Waals surface area contributed by atoms with E-state index in [4.69, 9.17) is 16.7 Å². The van der Waals surface area contributed by atoms with Crippen molar-refractivity contribution in [1.82, 2.24) is 9.66 Å². The largest absolute Gasteiger partial charge is 0.477 e. The first-order valence-corrected chi connectivity index (χ1v) is 6.44. The molecule has 10 heteroatoms. The highest BCUT2D eigenvalue weighted by Gasteiger charge is 2.31. The molecule has 0 saturated carbocycles. The first kappa shape index (κ1) is 16.8. The lowest BCUT2D eigenvalue weighted by Crippen LogP contribution is -2.23. The van der Waals surface area contributed by atoms with Gasteiger partial charge in [-0.1, -0.05) is 11.6 Å². The number of nitrogens with one attached hydrogen (secondary N) is 1. The minimum atomic E-state index is -4.58. The predicted molar refractivity (Wildman–Crippen MR) is 75.7 cm³/mol. The van der Waals surface area contributed by atoms with Crippen LogP contribution in [0.25, 0.3) is 0 Å². The van der Waals surface area contributed by atoms with E-state index >= 15 is 0 Å². The van der Waals surface area contributed by atoms with Crippen LogP contribution in [-0.4, -0.2) is 20.7 Å². The Bertz CT molecular complexity index is 833. The quantitative estimate of drug-likeness (QED) is 0.892. The van der Waals surface area contributed by atoms with E-state index in [1.54, 1.807) is 0 Å². The van der Waals surface area contributed by atoms with E-state index in [0.717, 1.165) is 16.9 Å². The van der Waals surface area contributed by atoms with Crippen molar-refractivity contribution in [3.63, 3.8) is 0 Å². The van der Waals surface area contributed by atoms with Gasteiger partial charge in [-0.05, 0) is 13.0 Å². The molecular formula is C13H9ClF3N3O3. The maximum Gasteiger partial charge on any atom is 0.417 e. The monoisotopic (exact) mass is 347 g/mol. The number of halogens is 4. The lowest BCUT2D eigenvalue weighted by Gasteiger charge is -2.15. The summed E-state index contributed by atoms with van der Waals surface area (Å²) in [6, 6.07) is 1.75. The smallest absolute Gasteiger partial charge is 0.417 e. The number of aromatic nitrogens is 2. The van der Waals surface area contributed by atoms with Gasteiger partial charge in [-0.2, -0.15) is 13.2 Å². The number of aryl methyl sites for hydroxylation is 1. The molecule has 2 heterocycles. The van der Waals surface area contributed by atoms with E-state index in [2.05, 4.69) is 10.4 Å². The van der Waals surface area contributed by atoms with Crippen molar-refractivity contribution in [2.45, 2.75) is 13.1 Å². The van der Waals surface area contributed by atoms with Crippen molar-refractivity contribution in [2.24, 2.45) is 0 Å². The molecule has 6 nitrogen and oxygen atoms in total. The van der Waals surface area contributed by atoms with Crippen molar-refractivity contribution in [3.8, 4) is 0 Å². The lowest BCUT2D eigenvalue weighted by atomic mass is 10.2. The summed E-state index contributed by atoms with van der Waals surface area (Å²) in [7, 11) is 0. The van der Waals surface area contributed by atoms with Crippen LogP contribution >= 0.6 is 11.6 Å². The second kappa shape index (κ2) is 5.92. The zero-order valence-corrected chi connectivity index (χ0v) is 12.2. The number of aromatic carboxylic acids is 1. The summed E-state index contributed by atoms with van der Waals surface area (Å²) in [5, 5.41) is 8.61. The number of hydrogen-bond acceptors (Lipinski definition) is 4. The van der Waals surface area contributed by atoms with Crippen LogP contribution in [-0.2, 0) is 6.18 Å². The normalized spacial score (nSPS) is 11.3. The molecule has 0 aliphatic carbocycles. The Morgan fingerprint density at radius 1 is 1.39 bits per heavy atom. The highest BCUT2D eigenvalue weighted by molar-refractivity contribution is 6.32. The summed E-state index contributed by atoms with van der Waals surface area (Å²) in [5.41, 5.74) is 0.642. The van der Waals surface area contributed by atoms with Gasteiger partial charge in [0.2, 0.25) is 0 Å². The van der Waals surface area contributed by atoms with Gasteiger partial charge in [0.1, 0.15) is 5.56 Å². The Morgan fingerprint density at radius 2 is 2.04 bits per heavy atom. The van der Waals surface area contributed by atoms with Crippen LogP contribution in [0.4, 0.5) is 19.0 Å². The molecule has 0 spiro atoms. The average Bonchev–Trinajstić information content (AvgIpc) is 2.42. The van der Waals surface area contributed by atoms with Gasteiger partial charge < -0.3 is 5.11 Å². The van der Waals surface area contributed by atoms with Crippen LogP contribution in [0, 0.1) is 6.92 Å². The van der Waals surface area contributed by atoms with Gasteiger partial charge >= 0.3 is 12.1 Å². The third-order valence-corrected chi connectivity index (χ3v) is 3.16. The van der Waals surface area contributed by atoms with Crippen LogP contribution in [0.3, 0.4) is 0 Å². The molecule has 23 heavy (non-hydrogen) atoms. The summed E-state index contributed by atoms with van der Waals surface area (Å²) in [6.07, 6.45) is -3.00. The topological polar surface area (TPSA) is 84.2 Å². The fourth-order valence-corrected chi connectivity index (χ4v) is 1.91. The Kier molecular flexibility index (Phi) is 4.33. The van der Waals surface area contributed by atoms with Crippen LogP contribution in [0.15, 0.2) is 29.3 Å². The fourth-order valence-electron chi connectivity index (χ4n) is 1.70. The summed E-state index contributed by atoms with van der Waals surface area (Å²) in [4.78, 5) is 26.0. The summed E-state index contributed by atoms with van der Waals surface area (Å²) >= 11 is 5.75. The minimum Gasteiger partial charge on any atom is -0.477 e. The molecule has 0 bridgehead atoms. The van der Waals surface area contributed by atoms with Crippen molar-refractivity contribution in [3.05, 3.63) is 56.6 Å². The average molecular weight is 348 g/mol. The lowest BCUT2D eigenvalue weighted by molar-refractivity contribution is -0.137. The third kappa shape index (κ3) is 3.62. The molecule has 2 aromatic rings. The SMILES string of the molecule is Cc1cc(=O)c(C(=O)O)cn1Nc1ncc(C(F)(F)F)cc1Cl. The maximum absolute atomic E-state index is 12.6. The van der Waals surface area contributed by atoms with Crippen LogP contribution < -0.4 is 10.9 Å². The van der Waals surface area contributed by atoms with Crippen molar-refractivity contribution >= 4 is 23.4 Å². The Labute approximate surface area is 132 Å². The molecule has 122 valence electrons. The summed E-state index contributed by atoms with van der Waals surface area (Å²) in [6.45, 7) is 1.50. The highest BCUT2D eigenvalue weighted by atomic mass is 35.5. The van der Waals surface area contributed by atoms with Crippen molar-refractivity contribution < 1.29 is 23.1 Å². The minimum absolute atomic E-state index is 0.122. The molecule has 0 atom stereocenters. The first-order valence-electron chi connectivity index (χ1n) is 6.06. The van der Waals surface area contributed by atoms with E-state index in [-0.39, 0.29) is 10.8 Å². The molecular weight excluding hydrogens is 339 g/mol. The number of anilines is 1. The van der Waals surface area contributed by atoms with E-state index in [1.165, 1.54) is 6.92 Å². The number of carboxylic acids is 1. The summed E-state index contributed by atoms with van der Waals surface area (Å²) < 4.78 is 38.8. The Balaban J connectivity index is 2.42. The third-order valence-electron chi connectivity index (χ3n) is 2.87.